The Balaban J connectivity index is 3.22. The van der Waals surface area contributed by atoms with Crippen molar-refractivity contribution in [3.63, 3.8) is 0 Å². The Morgan fingerprint density at radius 3 is 1.71 bits per heavy atom. The first-order valence-corrected chi connectivity index (χ1v) is 7.05. The number of nitrogens with one attached hydrogen (secondary N) is 1. The van der Waals surface area contributed by atoms with Gasteiger partial charge in [-0.3, -0.25) is 0 Å². The van der Waals surface area contributed by atoms with Gasteiger partial charge in [-0.15, -0.1) is 0 Å². The fourth-order valence-corrected chi connectivity index (χ4v) is 2.09. The van der Waals surface area contributed by atoms with Gasteiger partial charge in [0.25, 0.3) is 0 Å². The molecule has 1 aromatic rings. The summed E-state index contributed by atoms with van der Waals surface area (Å²) in [4.78, 5) is 0. The minimum atomic E-state index is -2.12. The second-order valence-electron chi connectivity index (χ2n) is 5.46. The van der Waals surface area contributed by atoms with Crippen molar-refractivity contribution in [2.24, 2.45) is 5.92 Å². The van der Waals surface area contributed by atoms with Gasteiger partial charge < -0.3 is 5.32 Å². The van der Waals surface area contributed by atoms with Crippen molar-refractivity contribution in [2.75, 3.05) is 6.54 Å². The van der Waals surface area contributed by atoms with Gasteiger partial charge in [0.2, 0.25) is 5.82 Å². The number of halogens is 5. The maximum absolute atomic E-state index is 13.8. The van der Waals surface area contributed by atoms with E-state index in [-0.39, 0.29) is 5.92 Å². The van der Waals surface area contributed by atoms with Crippen LogP contribution in [-0.2, 0) is 0 Å². The van der Waals surface area contributed by atoms with Gasteiger partial charge in [0, 0.05) is 11.6 Å². The normalized spacial score (nSPS) is 13.0. The Kier molecular flexibility index (Phi) is 6.58. The molecule has 1 unspecified atom stereocenters. The van der Waals surface area contributed by atoms with Crippen LogP contribution in [0.15, 0.2) is 0 Å². The van der Waals surface area contributed by atoms with Gasteiger partial charge in [0.1, 0.15) is 0 Å². The van der Waals surface area contributed by atoms with Crippen molar-refractivity contribution in [1.82, 2.24) is 5.32 Å². The number of hydrogen-bond donors (Lipinski definition) is 1. The van der Waals surface area contributed by atoms with Gasteiger partial charge in [-0.05, 0) is 31.7 Å². The Hall–Kier alpha value is -1.17. The van der Waals surface area contributed by atoms with E-state index in [1.54, 1.807) is 0 Å². The van der Waals surface area contributed by atoms with E-state index in [1.807, 2.05) is 20.8 Å². The highest BCUT2D eigenvalue weighted by Crippen LogP contribution is 2.30. The third-order valence-corrected chi connectivity index (χ3v) is 3.27. The van der Waals surface area contributed by atoms with Crippen LogP contribution >= 0.6 is 0 Å². The maximum atomic E-state index is 13.8. The van der Waals surface area contributed by atoms with Gasteiger partial charge in [0.05, 0.1) is 0 Å². The van der Waals surface area contributed by atoms with Crippen molar-refractivity contribution in [3.05, 3.63) is 34.6 Å². The molecule has 0 spiro atoms. The summed E-state index contributed by atoms with van der Waals surface area (Å²) < 4.78 is 67.4. The van der Waals surface area contributed by atoms with Crippen molar-refractivity contribution >= 4 is 0 Å². The number of hydrogen-bond acceptors (Lipinski definition) is 1. The van der Waals surface area contributed by atoms with E-state index in [4.69, 9.17) is 0 Å². The van der Waals surface area contributed by atoms with E-state index in [0.717, 1.165) is 0 Å². The molecule has 0 fully saturated rings. The zero-order valence-electron chi connectivity index (χ0n) is 12.4. The highest BCUT2D eigenvalue weighted by molar-refractivity contribution is 5.27. The average molecular weight is 309 g/mol. The van der Waals surface area contributed by atoms with Crippen LogP contribution in [0.5, 0.6) is 0 Å². The standard InChI is InChI=1S/C15H20F5N/c1-4-7-21-9(6-5-8(2)3)10-11(16)13(18)15(20)14(19)12(10)17/h8-9,21H,4-7H2,1-3H3. The van der Waals surface area contributed by atoms with Crippen LogP contribution in [-0.4, -0.2) is 6.54 Å². The molecule has 0 aromatic heterocycles. The van der Waals surface area contributed by atoms with Crippen LogP contribution < -0.4 is 5.32 Å². The van der Waals surface area contributed by atoms with Gasteiger partial charge in [0.15, 0.2) is 23.3 Å². The van der Waals surface area contributed by atoms with Crippen LogP contribution in [0, 0.1) is 35.0 Å². The molecule has 0 saturated heterocycles. The molecular formula is C15H20F5N. The molecule has 1 aromatic carbocycles. The summed E-state index contributed by atoms with van der Waals surface area (Å²) in [7, 11) is 0. The molecule has 21 heavy (non-hydrogen) atoms. The molecule has 0 radical (unpaired) electrons. The first-order valence-electron chi connectivity index (χ1n) is 7.05. The fourth-order valence-electron chi connectivity index (χ4n) is 2.09. The van der Waals surface area contributed by atoms with E-state index in [9.17, 15) is 22.0 Å². The zero-order valence-corrected chi connectivity index (χ0v) is 12.4. The Morgan fingerprint density at radius 1 is 0.810 bits per heavy atom. The molecule has 120 valence electrons. The highest BCUT2D eigenvalue weighted by atomic mass is 19.2. The van der Waals surface area contributed by atoms with Crippen LogP contribution in [0.25, 0.3) is 0 Å². The quantitative estimate of drug-likeness (QED) is 0.431. The lowest BCUT2D eigenvalue weighted by Crippen LogP contribution is -2.26. The van der Waals surface area contributed by atoms with Crippen LogP contribution in [0.3, 0.4) is 0 Å². The third kappa shape index (κ3) is 4.15. The van der Waals surface area contributed by atoms with E-state index in [2.05, 4.69) is 5.32 Å². The van der Waals surface area contributed by atoms with Crippen molar-refractivity contribution < 1.29 is 22.0 Å². The van der Waals surface area contributed by atoms with Crippen LogP contribution in [0.1, 0.15) is 51.6 Å². The Bertz CT molecular complexity index is 458. The summed E-state index contributed by atoms with van der Waals surface area (Å²) in [5.74, 6) is -9.13. The molecule has 0 saturated carbocycles. The summed E-state index contributed by atoms with van der Waals surface area (Å²) in [5, 5.41) is 2.86. The number of rotatable bonds is 7. The monoisotopic (exact) mass is 309 g/mol. The largest absolute Gasteiger partial charge is 0.310 e. The molecule has 1 rings (SSSR count). The van der Waals surface area contributed by atoms with Crippen molar-refractivity contribution in [1.29, 1.82) is 0 Å². The van der Waals surface area contributed by atoms with Crippen molar-refractivity contribution in [2.45, 2.75) is 46.1 Å². The molecule has 1 N–H and O–H groups in total. The molecule has 0 amide bonds. The third-order valence-electron chi connectivity index (χ3n) is 3.27. The molecule has 0 aliphatic rings. The molecule has 0 aliphatic heterocycles. The summed E-state index contributed by atoms with van der Waals surface area (Å²) >= 11 is 0. The predicted molar refractivity (Wildman–Crippen MR) is 71.3 cm³/mol. The minimum absolute atomic E-state index is 0.261. The van der Waals surface area contributed by atoms with Gasteiger partial charge in [-0.1, -0.05) is 20.8 Å². The van der Waals surface area contributed by atoms with Crippen molar-refractivity contribution in [3.8, 4) is 0 Å². The molecule has 0 bridgehead atoms. The zero-order chi connectivity index (χ0) is 16.2. The predicted octanol–water partition coefficient (Wildman–Crippen LogP) is 4.86. The van der Waals surface area contributed by atoms with Crippen LogP contribution in [0.4, 0.5) is 22.0 Å². The summed E-state index contributed by atoms with van der Waals surface area (Å²) in [6, 6.07) is -0.892. The highest BCUT2D eigenvalue weighted by Gasteiger charge is 2.30. The van der Waals surface area contributed by atoms with E-state index in [0.29, 0.717) is 25.8 Å². The molecule has 0 aliphatic carbocycles. The smallest absolute Gasteiger partial charge is 0.200 e. The lowest BCUT2D eigenvalue weighted by atomic mass is 9.96. The average Bonchev–Trinajstić information content (AvgIpc) is 2.45. The first kappa shape index (κ1) is 17.9. The molecule has 6 heteroatoms. The second kappa shape index (κ2) is 7.73. The summed E-state index contributed by atoms with van der Waals surface area (Å²) in [5.41, 5.74) is -0.763. The summed E-state index contributed by atoms with van der Waals surface area (Å²) in [6.45, 7) is 6.14. The lowest BCUT2D eigenvalue weighted by Gasteiger charge is -2.21. The molecule has 1 atom stereocenters. The SMILES string of the molecule is CCCNC(CCC(C)C)c1c(F)c(F)c(F)c(F)c1F. The topological polar surface area (TPSA) is 12.0 Å². The Labute approximate surface area is 121 Å². The van der Waals surface area contributed by atoms with Gasteiger partial charge in [-0.25, -0.2) is 22.0 Å². The second-order valence-corrected chi connectivity index (χ2v) is 5.46. The van der Waals surface area contributed by atoms with Crippen LogP contribution in [0.2, 0.25) is 0 Å². The molecular weight excluding hydrogens is 289 g/mol. The van der Waals surface area contributed by atoms with Gasteiger partial charge >= 0.3 is 0 Å². The number of benzene rings is 1. The molecule has 1 nitrogen and oxygen atoms in total. The molecule has 0 heterocycles. The minimum Gasteiger partial charge on any atom is -0.310 e. The lowest BCUT2D eigenvalue weighted by molar-refractivity contribution is 0.345. The summed E-state index contributed by atoms with van der Waals surface area (Å²) in [6.07, 6.45) is 1.60. The first-order chi connectivity index (χ1) is 9.81. The van der Waals surface area contributed by atoms with E-state index < -0.39 is 40.7 Å². The Morgan fingerprint density at radius 2 is 1.29 bits per heavy atom. The fraction of sp³-hybridized carbons (Fsp3) is 0.600. The maximum Gasteiger partial charge on any atom is 0.200 e. The van der Waals surface area contributed by atoms with Gasteiger partial charge in [-0.2, -0.15) is 0 Å². The van der Waals surface area contributed by atoms with E-state index in [1.165, 1.54) is 0 Å². The van der Waals surface area contributed by atoms with E-state index >= 15 is 0 Å².